The van der Waals surface area contributed by atoms with E-state index in [9.17, 15) is 14.9 Å². The highest BCUT2D eigenvalue weighted by atomic mass is 16.6. The molecule has 158 valence electrons. The van der Waals surface area contributed by atoms with Crippen molar-refractivity contribution in [1.82, 2.24) is 9.88 Å². The zero-order valence-electron chi connectivity index (χ0n) is 16.8. The Kier molecular flexibility index (Phi) is 6.07. The molecule has 1 aromatic heterocycles. The number of nitrogens with zero attached hydrogens (tertiary/aromatic N) is 3. The SMILES string of the molecule is O=C(c1cc([N+](=O)[O-])cc2c1OCCO2)N(CCc1ccccc1)Cc1ccncc1. The molecule has 8 nitrogen and oxygen atoms in total. The lowest BCUT2D eigenvalue weighted by molar-refractivity contribution is -0.385. The van der Waals surface area contributed by atoms with E-state index in [1.165, 1.54) is 12.1 Å². The van der Waals surface area contributed by atoms with Gasteiger partial charge >= 0.3 is 0 Å². The molecule has 0 aliphatic carbocycles. The van der Waals surface area contributed by atoms with Crippen LogP contribution in [0.5, 0.6) is 11.5 Å². The monoisotopic (exact) mass is 419 g/mol. The quantitative estimate of drug-likeness (QED) is 0.429. The number of non-ortho nitro benzene ring substituents is 1. The second-order valence-corrected chi connectivity index (χ2v) is 7.09. The highest BCUT2D eigenvalue weighted by molar-refractivity contribution is 5.98. The highest BCUT2D eigenvalue weighted by Crippen LogP contribution is 2.38. The van der Waals surface area contributed by atoms with Crippen LogP contribution >= 0.6 is 0 Å². The maximum absolute atomic E-state index is 13.6. The van der Waals surface area contributed by atoms with E-state index in [2.05, 4.69) is 4.98 Å². The summed E-state index contributed by atoms with van der Waals surface area (Å²) in [4.78, 5) is 30.1. The van der Waals surface area contributed by atoms with Gasteiger partial charge in [0.2, 0.25) is 0 Å². The topological polar surface area (TPSA) is 94.8 Å². The minimum absolute atomic E-state index is 0.131. The molecule has 31 heavy (non-hydrogen) atoms. The van der Waals surface area contributed by atoms with Crippen LogP contribution in [-0.4, -0.2) is 40.5 Å². The van der Waals surface area contributed by atoms with Crippen molar-refractivity contribution in [2.45, 2.75) is 13.0 Å². The molecule has 1 aliphatic rings. The molecule has 0 bridgehead atoms. The molecule has 8 heteroatoms. The Bertz CT molecular complexity index is 1070. The Balaban J connectivity index is 1.67. The van der Waals surface area contributed by atoms with Crippen molar-refractivity contribution < 1.29 is 19.2 Å². The molecule has 0 atom stereocenters. The molecule has 0 radical (unpaired) electrons. The van der Waals surface area contributed by atoms with Crippen molar-refractivity contribution in [3.63, 3.8) is 0 Å². The van der Waals surface area contributed by atoms with E-state index in [1.807, 2.05) is 42.5 Å². The molecule has 0 fully saturated rings. The zero-order valence-corrected chi connectivity index (χ0v) is 16.8. The number of amides is 1. The smallest absolute Gasteiger partial charge is 0.274 e. The minimum Gasteiger partial charge on any atom is -0.486 e. The minimum atomic E-state index is -0.536. The number of rotatable bonds is 7. The van der Waals surface area contributed by atoms with Crippen molar-refractivity contribution in [2.24, 2.45) is 0 Å². The van der Waals surface area contributed by atoms with E-state index in [-0.39, 0.29) is 41.9 Å². The standard InChI is InChI=1S/C23H21N3O5/c27-23(20-14-19(26(28)29)15-21-22(20)31-13-12-30-21)25(16-18-6-9-24-10-7-18)11-8-17-4-2-1-3-5-17/h1-7,9-10,14-15H,8,11-13,16H2. The van der Waals surface area contributed by atoms with E-state index in [0.29, 0.717) is 19.5 Å². The lowest BCUT2D eigenvalue weighted by Crippen LogP contribution is -2.33. The molecule has 2 aromatic carbocycles. The zero-order chi connectivity index (χ0) is 21.6. The average molecular weight is 419 g/mol. The van der Waals surface area contributed by atoms with Gasteiger partial charge in [-0.3, -0.25) is 19.9 Å². The third kappa shape index (κ3) is 4.80. The van der Waals surface area contributed by atoms with Gasteiger partial charge in [-0.05, 0) is 29.7 Å². The van der Waals surface area contributed by atoms with Gasteiger partial charge in [-0.2, -0.15) is 0 Å². The molecule has 4 rings (SSSR count). The van der Waals surface area contributed by atoms with Gasteiger partial charge in [0, 0.05) is 31.5 Å². The van der Waals surface area contributed by atoms with Crippen molar-refractivity contribution in [3.8, 4) is 11.5 Å². The van der Waals surface area contributed by atoms with Crippen molar-refractivity contribution in [3.05, 3.63) is 93.8 Å². The number of nitro groups is 1. The Hall–Kier alpha value is -3.94. The van der Waals surface area contributed by atoms with Crippen LogP contribution in [0.3, 0.4) is 0 Å². The van der Waals surface area contributed by atoms with Crippen LogP contribution in [0, 0.1) is 10.1 Å². The molecular weight excluding hydrogens is 398 g/mol. The van der Waals surface area contributed by atoms with Crippen LogP contribution in [0.25, 0.3) is 0 Å². The van der Waals surface area contributed by atoms with Gasteiger partial charge in [0.15, 0.2) is 11.5 Å². The van der Waals surface area contributed by atoms with E-state index in [1.54, 1.807) is 17.3 Å². The first-order valence-electron chi connectivity index (χ1n) is 9.92. The predicted molar refractivity (Wildman–Crippen MR) is 113 cm³/mol. The summed E-state index contributed by atoms with van der Waals surface area (Å²) in [6, 6.07) is 16.1. The fourth-order valence-corrected chi connectivity index (χ4v) is 3.44. The van der Waals surface area contributed by atoms with E-state index in [4.69, 9.17) is 9.47 Å². The summed E-state index contributed by atoms with van der Waals surface area (Å²) in [7, 11) is 0. The molecule has 0 unspecified atom stereocenters. The number of carbonyl (C=O) groups is 1. The Labute approximate surface area is 179 Å². The fourth-order valence-electron chi connectivity index (χ4n) is 3.44. The molecule has 2 heterocycles. The number of hydrogen-bond acceptors (Lipinski definition) is 6. The maximum Gasteiger partial charge on any atom is 0.274 e. The van der Waals surface area contributed by atoms with Crippen molar-refractivity contribution >= 4 is 11.6 Å². The lowest BCUT2D eigenvalue weighted by atomic mass is 10.1. The fraction of sp³-hybridized carbons (Fsp3) is 0.217. The lowest BCUT2D eigenvalue weighted by Gasteiger charge is -2.26. The van der Waals surface area contributed by atoms with Crippen LogP contribution in [0.1, 0.15) is 21.5 Å². The van der Waals surface area contributed by atoms with Gasteiger partial charge in [-0.1, -0.05) is 30.3 Å². The van der Waals surface area contributed by atoms with Crippen LogP contribution in [0.2, 0.25) is 0 Å². The van der Waals surface area contributed by atoms with E-state index >= 15 is 0 Å². The summed E-state index contributed by atoms with van der Waals surface area (Å²) in [6.07, 6.45) is 3.98. The summed E-state index contributed by atoms with van der Waals surface area (Å²) >= 11 is 0. The van der Waals surface area contributed by atoms with Gasteiger partial charge in [0.1, 0.15) is 13.2 Å². The highest BCUT2D eigenvalue weighted by Gasteiger charge is 2.28. The van der Waals surface area contributed by atoms with Crippen LogP contribution < -0.4 is 9.47 Å². The van der Waals surface area contributed by atoms with Crippen molar-refractivity contribution in [1.29, 1.82) is 0 Å². The molecule has 1 amide bonds. The van der Waals surface area contributed by atoms with Gasteiger partial charge in [-0.25, -0.2) is 0 Å². The molecular formula is C23H21N3O5. The van der Waals surface area contributed by atoms with Gasteiger partial charge in [0.25, 0.3) is 11.6 Å². The first kappa shape index (κ1) is 20.3. The van der Waals surface area contributed by atoms with Gasteiger partial charge in [-0.15, -0.1) is 0 Å². The number of fused-ring (bicyclic) bond motifs is 1. The van der Waals surface area contributed by atoms with E-state index in [0.717, 1.165) is 11.1 Å². The molecule has 0 N–H and O–H groups in total. The number of pyridine rings is 1. The number of nitro benzene ring substituents is 1. The Morgan fingerprint density at radius 2 is 1.77 bits per heavy atom. The first-order valence-corrected chi connectivity index (χ1v) is 9.92. The van der Waals surface area contributed by atoms with Crippen LogP contribution in [0.4, 0.5) is 5.69 Å². The molecule has 0 saturated carbocycles. The Morgan fingerprint density at radius 3 is 2.52 bits per heavy atom. The van der Waals surface area contributed by atoms with E-state index < -0.39 is 4.92 Å². The normalized spacial score (nSPS) is 12.3. The first-order chi connectivity index (χ1) is 15.1. The molecule has 3 aromatic rings. The summed E-state index contributed by atoms with van der Waals surface area (Å²) in [5.74, 6) is 0.121. The van der Waals surface area contributed by atoms with Gasteiger partial charge in [0.05, 0.1) is 16.6 Å². The number of aromatic nitrogens is 1. The molecule has 1 aliphatic heterocycles. The summed E-state index contributed by atoms with van der Waals surface area (Å²) in [5, 5.41) is 11.4. The number of hydrogen-bond donors (Lipinski definition) is 0. The van der Waals surface area contributed by atoms with Gasteiger partial charge < -0.3 is 14.4 Å². The number of ether oxygens (including phenoxy) is 2. The summed E-state index contributed by atoms with van der Waals surface area (Å²) in [5.41, 5.74) is 1.93. The largest absolute Gasteiger partial charge is 0.486 e. The second-order valence-electron chi connectivity index (χ2n) is 7.09. The third-order valence-electron chi connectivity index (χ3n) is 4.99. The summed E-state index contributed by atoms with van der Waals surface area (Å²) in [6.45, 7) is 1.33. The third-order valence-corrected chi connectivity index (χ3v) is 4.99. The van der Waals surface area contributed by atoms with Crippen LogP contribution in [-0.2, 0) is 13.0 Å². The second kappa shape index (κ2) is 9.25. The number of benzene rings is 2. The Morgan fingerprint density at radius 1 is 1.03 bits per heavy atom. The summed E-state index contributed by atoms with van der Waals surface area (Å²) < 4.78 is 11.2. The predicted octanol–water partition coefficient (Wildman–Crippen LogP) is 3.65. The molecule has 0 saturated heterocycles. The average Bonchev–Trinajstić information content (AvgIpc) is 2.82. The maximum atomic E-state index is 13.6. The number of carbonyl (C=O) groups excluding carboxylic acids is 1. The van der Waals surface area contributed by atoms with Crippen LogP contribution in [0.15, 0.2) is 67.0 Å². The molecule has 0 spiro atoms. The van der Waals surface area contributed by atoms with Crippen molar-refractivity contribution in [2.75, 3.05) is 19.8 Å².